The summed E-state index contributed by atoms with van der Waals surface area (Å²) in [6.45, 7) is -0.819. The van der Waals surface area contributed by atoms with Crippen LogP contribution in [0.1, 0.15) is 5.56 Å². The normalized spacial score (nSPS) is 9.74. The molecule has 0 aliphatic carbocycles. The third-order valence-electron chi connectivity index (χ3n) is 2.14. The highest BCUT2D eigenvalue weighted by atomic mass is 19.1. The Morgan fingerprint density at radius 1 is 1.11 bits per heavy atom. The Morgan fingerprint density at radius 2 is 1.79 bits per heavy atom. The Morgan fingerprint density at radius 3 is 2.42 bits per heavy atom. The smallest absolute Gasteiger partial charge is 0.322 e. The van der Waals surface area contributed by atoms with Crippen molar-refractivity contribution in [2.45, 2.75) is 6.42 Å². The van der Waals surface area contributed by atoms with Crippen molar-refractivity contribution in [2.24, 2.45) is 0 Å². The van der Waals surface area contributed by atoms with E-state index in [0.29, 0.717) is 5.56 Å². The highest BCUT2D eigenvalue weighted by molar-refractivity contribution is 5.87. The van der Waals surface area contributed by atoms with Crippen LogP contribution in [0.5, 0.6) is 0 Å². The molecule has 0 fully saturated rings. The zero-order valence-electron chi connectivity index (χ0n) is 9.98. The van der Waals surface area contributed by atoms with Crippen LogP contribution in [0.25, 0.3) is 0 Å². The molecule has 19 heavy (non-hydrogen) atoms. The van der Waals surface area contributed by atoms with E-state index in [9.17, 15) is 18.8 Å². The molecule has 6 nitrogen and oxygen atoms in total. The number of aliphatic carboxylic acids is 1. The molecule has 0 saturated heterocycles. The van der Waals surface area contributed by atoms with Gasteiger partial charge in [0.2, 0.25) is 11.8 Å². The molecule has 1 aromatic carbocycles. The quantitative estimate of drug-likeness (QED) is 0.659. The summed E-state index contributed by atoms with van der Waals surface area (Å²) in [6.07, 6.45) is -0.0516. The van der Waals surface area contributed by atoms with Crippen LogP contribution < -0.4 is 10.6 Å². The van der Waals surface area contributed by atoms with Crippen molar-refractivity contribution in [3.05, 3.63) is 35.6 Å². The molecule has 102 valence electrons. The van der Waals surface area contributed by atoms with Crippen LogP contribution in [0.2, 0.25) is 0 Å². The van der Waals surface area contributed by atoms with Crippen molar-refractivity contribution in [3.8, 4) is 0 Å². The number of carboxylic acid groups (broad SMARTS) is 1. The third-order valence-corrected chi connectivity index (χ3v) is 2.14. The first-order valence-electron chi connectivity index (χ1n) is 5.47. The summed E-state index contributed by atoms with van der Waals surface area (Å²) in [5.41, 5.74) is 0.489. The molecule has 0 heterocycles. The molecule has 0 aliphatic rings. The first-order valence-corrected chi connectivity index (χ1v) is 5.47. The van der Waals surface area contributed by atoms with Gasteiger partial charge in [0.05, 0.1) is 13.0 Å². The summed E-state index contributed by atoms with van der Waals surface area (Å²) in [5, 5.41) is 12.7. The van der Waals surface area contributed by atoms with Gasteiger partial charge >= 0.3 is 5.97 Å². The van der Waals surface area contributed by atoms with Gasteiger partial charge in [-0.25, -0.2) is 4.39 Å². The number of hydrogen-bond acceptors (Lipinski definition) is 3. The molecule has 0 atom stereocenters. The van der Waals surface area contributed by atoms with E-state index < -0.39 is 30.1 Å². The zero-order chi connectivity index (χ0) is 14.3. The zero-order valence-corrected chi connectivity index (χ0v) is 9.98. The lowest BCUT2D eigenvalue weighted by Gasteiger charge is -2.05. The number of amides is 2. The number of hydrogen-bond donors (Lipinski definition) is 3. The Kier molecular flexibility index (Phi) is 5.46. The standard InChI is InChI=1S/C12H13FN2O4/c13-9-3-1-2-8(4-9)5-10(16)14-6-11(17)15-7-12(18)19/h1-4H,5-7H2,(H,14,16)(H,15,17)(H,18,19). The van der Waals surface area contributed by atoms with E-state index in [1.807, 2.05) is 0 Å². The van der Waals surface area contributed by atoms with E-state index in [2.05, 4.69) is 10.6 Å². The Balaban J connectivity index is 2.32. The maximum Gasteiger partial charge on any atom is 0.322 e. The topological polar surface area (TPSA) is 95.5 Å². The van der Waals surface area contributed by atoms with Crippen molar-refractivity contribution in [3.63, 3.8) is 0 Å². The summed E-state index contributed by atoms with van der Waals surface area (Å²) < 4.78 is 12.9. The number of carbonyl (C=O) groups is 3. The SMILES string of the molecule is O=C(O)CNC(=O)CNC(=O)Cc1cccc(F)c1. The van der Waals surface area contributed by atoms with Gasteiger partial charge in [-0.15, -0.1) is 0 Å². The molecule has 0 saturated carbocycles. The van der Waals surface area contributed by atoms with Gasteiger partial charge in [0, 0.05) is 0 Å². The number of halogens is 1. The Bertz CT molecular complexity index is 490. The fourth-order valence-electron chi connectivity index (χ4n) is 1.31. The number of carbonyl (C=O) groups excluding carboxylic acids is 2. The van der Waals surface area contributed by atoms with Gasteiger partial charge in [-0.2, -0.15) is 0 Å². The van der Waals surface area contributed by atoms with Crippen LogP contribution in [-0.4, -0.2) is 36.0 Å². The molecular formula is C12H13FN2O4. The molecule has 0 spiro atoms. The minimum Gasteiger partial charge on any atom is -0.480 e. The highest BCUT2D eigenvalue weighted by Gasteiger charge is 2.07. The van der Waals surface area contributed by atoms with Gasteiger partial charge in [-0.3, -0.25) is 14.4 Å². The maximum absolute atomic E-state index is 12.9. The average molecular weight is 268 g/mol. The molecule has 1 rings (SSSR count). The molecule has 0 bridgehead atoms. The van der Waals surface area contributed by atoms with E-state index >= 15 is 0 Å². The highest BCUT2D eigenvalue weighted by Crippen LogP contribution is 2.03. The van der Waals surface area contributed by atoms with Crippen LogP contribution >= 0.6 is 0 Å². The van der Waals surface area contributed by atoms with Crippen LogP contribution in [0, 0.1) is 5.82 Å². The Hall–Kier alpha value is -2.44. The van der Waals surface area contributed by atoms with Crippen molar-refractivity contribution < 1.29 is 23.9 Å². The van der Waals surface area contributed by atoms with Gasteiger partial charge in [0.1, 0.15) is 12.4 Å². The lowest BCUT2D eigenvalue weighted by Crippen LogP contribution is -2.39. The molecule has 0 radical (unpaired) electrons. The fourth-order valence-corrected chi connectivity index (χ4v) is 1.31. The lowest BCUT2D eigenvalue weighted by molar-refractivity contribution is -0.137. The second-order valence-electron chi connectivity index (χ2n) is 3.75. The molecule has 1 aromatic rings. The Labute approximate surface area is 108 Å². The monoisotopic (exact) mass is 268 g/mol. The average Bonchev–Trinajstić information content (AvgIpc) is 2.34. The van der Waals surface area contributed by atoms with Crippen molar-refractivity contribution >= 4 is 17.8 Å². The van der Waals surface area contributed by atoms with Crippen LogP contribution in [0.15, 0.2) is 24.3 Å². The van der Waals surface area contributed by atoms with Gasteiger partial charge < -0.3 is 15.7 Å². The first kappa shape index (κ1) is 14.6. The number of nitrogens with one attached hydrogen (secondary N) is 2. The van der Waals surface area contributed by atoms with Gasteiger partial charge in [0.25, 0.3) is 0 Å². The number of rotatable bonds is 6. The van der Waals surface area contributed by atoms with Crippen LogP contribution in [0.4, 0.5) is 4.39 Å². The van der Waals surface area contributed by atoms with Crippen molar-refractivity contribution in [1.82, 2.24) is 10.6 Å². The molecule has 7 heteroatoms. The minimum atomic E-state index is -1.17. The van der Waals surface area contributed by atoms with Crippen molar-refractivity contribution in [2.75, 3.05) is 13.1 Å². The van der Waals surface area contributed by atoms with E-state index in [1.165, 1.54) is 18.2 Å². The van der Waals surface area contributed by atoms with E-state index in [1.54, 1.807) is 6.07 Å². The number of benzene rings is 1. The summed E-state index contributed by atoms with van der Waals surface area (Å²) in [4.78, 5) is 32.7. The van der Waals surface area contributed by atoms with E-state index in [4.69, 9.17) is 5.11 Å². The second-order valence-corrected chi connectivity index (χ2v) is 3.75. The van der Waals surface area contributed by atoms with Crippen molar-refractivity contribution in [1.29, 1.82) is 0 Å². The van der Waals surface area contributed by atoms with Gasteiger partial charge in [-0.1, -0.05) is 12.1 Å². The predicted octanol–water partition coefficient (Wildman–Crippen LogP) is -0.315. The second kappa shape index (κ2) is 7.10. The molecule has 2 amide bonds. The molecule has 3 N–H and O–H groups in total. The van der Waals surface area contributed by atoms with Gasteiger partial charge in [0.15, 0.2) is 0 Å². The van der Waals surface area contributed by atoms with Crippen LogP contribution in [-0.2, 0) is 20.8 Å². The van der Waals surface area contributed by atoms with Crippen LogP contribution in [0.3, 0.4) is 0 Å². The van der Waals surface area contributed by atoms with E-state index in [0.717, 1.165) is 0 Å². The lowest BCUT2D eigenvalue weighted by atomic mass is 10.1. The predicted molar refractivity (Wildman–Crippen MR) is 63.8 cm³/mol. The summed E-state index contributed by atoms with van der Waals surface area (Å²) in [5.74, 6) is -2.66. The third kappa shape index (κ3) is 6.16. The fraction of sp³-hybridized carbons (Fsp3) is 0.250. The molecule has 0 aromatic heterocycles. The summed E-state index contributed by atoms with van der Waals surface area (Å²) >= 11 is 0. The molecular weight excluding hydrogens is 255 g/mol. The largest absolute Gasteiger partial charge is 0.480 e. The maximum atomic E-state index is 12.9. The van der Waals surface area contributed by atoms with E-state index in [-0.39, 0.29) is 13.0 Å². The minimum absolute atomic E-state index is 0.0516. The summed E-state index contributed by atoms with van der Waals surface area (Å²) in [6, 6.07) is 5.56. The van der Waals surface area contributed by atoms with Gasteiger partial charge in [-0.05, 0) is 17.7 Å². The molecule has 0 aliphatic heterocycles. The first-order chi connectivity index (χ1) is 8.97. The summed E-state index contributed by atoms with van der Waals surface area (Å²) in [7, 11) is 0. The number of carboxylic acids is 1. The molecule has 0 unspecified atom stereocenters.